The third kappa shape index (κ3) is 4.06. The van der Waals surface area contributed by atoms with Crippen molar-refractivity contribution in [3.63, 3.8) is 0 Å². The number of nitro benzene ring substituents is 1. The lowest BCUT2D eigenvalue weighted by atomic mass is 10.1. The van der Waals surface area contributed by atoms with Gasteiger partial charge in [-0.2, -0.15) is 0 Å². The van der Waals surface area contributed by atoms with Crippen LogP contribution in [0.3, 0.4) is 0 Å². The van der Waals surface area contributed by atoms with Gasteiger partial charge in [0, 0.05) is 17.5 Å². The smallest absolute Gasteiger partial charge is 0.283 e. The van der Waals surface area contributed by atoms with Crippen molar-refractivity contribution >= 4 is 17.4 Å². The molecule has 0 saturated heterocycles. The van der Waals surface area contributed by atoms with Crippen LogP contribution in [0.5, 0.6) is 0 Å². The van der Waals surface area contributed by atoms with E-state index in [1.807, 2.05) is 19.1 Å². The number of nitrogens with one attached hydrogen (secondary N) is 1. The molecule has 0 heterocycles. The molecule has 0 spiro atoms. The molecule has 0 radical (unpaired) electrons. The summed E-state index contributed by atoms with van der Waals surface area (Å²) in [6.07, 6.45) is 0. The Morgan fingerprint density at radius 2 is 1.95 bits per heavy atom. The van der Waals surface area contributed by atoms with Crippen molar-refractivity contribution in [1.29, 1.82) is 0 Å². The summed E-state index contributed by atoms with van der Waals surface area (Å²) in [6.45, 7) is 5.89. The first-order chi connectivity index (χ1) is 10.1. The molecule has 0 unspecified atom stereocenters. The second-order valence-electron chi connectivity index (χ2n) is 4.71. The largest absolute Gasteiger partial charge is 0.313 e. The predicted molar refractivity (Wildman–Crippen MR) is 85.8 cm³/mol. The molecule has 0 aromatic heterocycles. The third-order valence-electron chi connectivity index (χ3n) is 3.10. The molecule has 5 heteroatoms. The number of hydrogen-bond acceptors (Lipinski definition) is 4. The molecule has 0 amide bonds. The first-order valence-corrected chi connectivity index (χ1v) is 7.65. The van der Waals surface area contributed by atoms with Crippen molar-refractivity contribution < 1.29 is 4.92 Å². The van der Waals surface area contributed by atoms with Crippen LogP contribution in [-0.2, 0) is 6.54 Å². The Kier molecular flexibility index (Phi) is 5.36. The average Bonchev–Trinajstić information content (AvgIpc) is 2.48. The van der Waals surface area contributed by atoms with E-state index in [0.717, 1.165) is 23.5 Å². The fraction of sp³-hybridized carbons (Fsp3) is 0.250. The number of aryl methyl sites for hydroxylation is 1. The van der Waals surface area contributed by atoms with Crippen LogP contribution in [0.2, 0.25) is 0 Å². The third-order valence-corrected chi connectivity index (χ3v) is 4.34. The fourth-order valence-corrected chi connectivity index (χ4v) is 3.00. The summed E-state index contributed by atoms with van der Waals surface area (Å²) in [5.41, 5.74) is 2.51. The van der Waals surface area contributed by atoms with Crippen LogP contribution in [0.25, 0.3) is 0 Å². The maximum atomic E-state index is 11.1. The fourth-order valence-electron chi connectivity index (χ4n) is 2.02. The van der Waals surface area contributed by atoms with Gasteiger partial charge in [-0.1, -0.05) is 43.0 Å². The Hall–Kier alpha value is -1.85. The minimum atomic E-state index is -0.336. The molecule has 0 aliphatic carbocycles. The first-order valence-electron chi connectivity index (χ1n) is 6.83. The van der Waals surface area contributed by atoms with E-state index in [1.165, 1.54) is 23.4 Å². The highest BCUT2D eigenvalue weighted by molar-refractivity contribution is 7.99. The zero-order chi connectivity index (χ0) is 15.2. The maximum absolute atomic E-state index is 11.1. The average molecular weight is 302 g/mol. The Bertz CT molecular complexity index is 644. The van der Waals surface area contributed by atoms with Gasteiger partial charge in [0.25, 0.3) is 5.69 Å². The molecule has 0 saturated carbocycles. The SMILES string of the molecule is CCNCc1ccc(Sc2ccccc2[N+](=O)[O-])c(C)c1. The second-order valence-corrected chi connectivity index (χ2v) is 5.79. The first kappa shape index (κ1) is 15.5. The van der Waals surface area contributed by atoms with E-state index in [1.54, 1.807) is 12.1 Å². The van der Waals surface area contributed by atoms with Gasteiger partial charge in [-0.25, -0.2) is 0 Å². The van der Waals surface area contributed by atoms with Gasteiger partial charge in [-0.05, 0) is 36.7 Å². The van der Waals surface area contributed by atoms with Crippen LogP contribution in [-0.4, -0.2) is 11.5 Å². The van der Waals surface area contributed by atoms with Gasteiger partial charge in [0.2, 0.25) is 0 Å². The summed E-state index contributed by atoms with van der Waals surface area (Å²) in [7, 11) is 0. The quantitative estimate of drug-likeness (QED) is 0.643. The zero-order valence-electron chi connectivity index (χ0n) is 12.1. The summed E-state index contributed by atoms with van der Waals surface area (Å²) in [4.78, 5) is 12.4. The zero-order valence-corrected chi connectivity index (χ0v) is 12.9. The summed E-state index contributed by atoms with van der Waals surface area (Å²) in [5, 5.41) is 14.3. The van der Waals surface area contributed by atoms with Crippen molar-refractivity contribution in [2.75, 3.05) is 6.54 Å². The molecule has 110 valence electrons. The van der Waals surface area contributed by atoms with Gasteiger partial charge in [-0.15, -0.1) is 0 Å². The lowest BCUT2D eigenvalue weighted by Gasteiger charge is -2.09. The molecule has 2 aromatic rings. The number of nitrogens with zero attached hydrogens (tertiary/aromatic N) is 1. The minimum Gasteiger partial charge on any atom is -0.313 e. The van der Waals surface area contributed by atoms with E-state index in [9.17, 15) is 10.1 Å². The maximum Gasteiger partial charge on any atom is 0.283 e. The molecule has 0 atom stereocenters. The monoisotopic (exact) mass is 302 g/mol. The number of nitro groups is 1. The number of para-hydroxylation sites is 1. The summed E-state index contributed by atoms with van der Waals surface area (Å²) >= 11 is 1.44. The Labute approximate surface area is 128 Å². The van der Waals surface area contributed by atoms with Gasteiger partial charge >= 0.3 is 0 Å². The lowest BCUT2D eigenvalue weighted by Crippen LogP contribution is -2.11. The number of benzene rings is 2. The van der Waals surface area contributed by atoms with E-state index in [-0.39, 0.29) is 10.6 Å². The second kappa shape index (κ2) is 7.24. The predicted octanol–water partition coefficient (Wildman–Crippen LogP) is 4.16. The van der Waals surface area contributed by atoms with Gasteiger partial charge in [0.15, 0.2) is 0 Å². The van der Waals surface area contributed by atoms with Crippen LogP contribution in [0.4, 0.5) is 5.69 Å². The topological polar surface area (TPSA) is 55.2 Å². The molecule has 2 rings (SSSR count). The van der Waals surface area contributed by atoms with Crippen LogP contribution in [0, 0.1) is 17.0 Å². The van der Waals surface area contributed by atoms with Gasteiger partial charge < -0.3 is 5.32 Å². The normalized spacial score (nSPS) is 10.6. The van der Waals surface area contributed by atoms with Crippen molar-refractivity contribution in [3.8, 4) is 0 Å². The van der Waals surface area contributed by atoms with Crippen molar-refractivity contribution in [2.45, 2.75) is 30.2 Å². The van der Waals surface area contributed by atoms with Crippen LogP contribution in [0.15, 0.2) is 52.3 Å². The van der Waals surface area contributed by atoms with Crippen molar-refractivity contribution in [2.24, 2.45) is 0 Å². The molecule has 1 N–H and O–H groups in total. The highest BCUT2D eigenvalue weighted by Gasteiger charge is 2.14. The highest BCUT2D eigenvalue weighted by atomic mass is 32.2. The van der Waals surface area contributed by atoms with E-state index < -0.39 is 0 Å². The molecule has 0 bridgehead atoms. The van der Waals surface area contributed by atoms with E-state index in [2.05, 4.69) is 24.4 Å². The van der Waals surface area contributed by atoms with Crippen LogP contribution < -0.4 is 5.32 Å². The Morgan fingerprint density at radius 1 is 1.19 bits per heavy atom. The van der Waals surface area contributed by atoms with Gasteiger partial charge in [-0.3, -0.25) is 10.1 Å². The molecule has 2 aromatic carbocycles. The highest BCUT2D eigenvalue weighted by Crippen LogP contribution is 2.36. The van der Waals surface area contributed by atoms with Crippen molar-refractivity contribution in [1.82, 2.24) is 5.32 Å². The molecular formula is C16H18N2O2S. The van der Waals surface area contributed by atoms with E-state index >= 15 is 0 Å². The van der Waals surface area contributed by atoms with E-state index in [0.29, 0.717) is 4.90 Å². The molecule has 0 aliphatic heterocycles. The Balaban J connectivity index is 2.22. The van der Waals surface area contributed by atoms with Crippen LogP contribution in [0.1, 0.15) is 18.1 Å². The number of hydrogen-bond donors (Lipinski definition) is 1. The van der Waals surface area contributed by atoms with Crippen LogP contribution >= 0.6 is 11.8 Å². The molecule has 0 fully saturated rings. The summed E-state index contributed by atoms with van der Waals surface area (Å²) in [5.74, 6) is 0. The van der Waals surface area contributed by atoms with E-state index in [4.69, 9.17) is 0 Å². The molecule has 0 aliphatic rings. The molecule has 4 nitrogen and oxygen atoms in total. The number of rotatable bonds is 6. The molecule has 21 heavy (non-hydrogen) atoms. The Morgan fingerprint density at radius 3 is 2.62 bits per heavy atom. The molecular weight excluding hydrogens is 284 g/mol. The summed E-state index contributed by atoms with van der Waals surface area (Å²) in [6, 6.07) is 13.1. The van der Waals surface area contributed by atoms with Crippen molar-refractivity contribution in [3.05, 3.63) is 63.7 Å². The van der Waals surface area contributed by atoms with Gasteiger partial charge in [0.05, 0.1) is 9.82 Å². The van der Waals surface area contributed by atoms with Gasteiger partial charge in [0.1, 0.15) is 0 Å². The summed E-state index contributed by atoms with van der Waals surface area (Å²) < 4.78 is 0. The minimum absolute atomic E-state index is 0.152. The lowest BCUT2D eigenvalue weighted by molar-refractivity contribution is -0.387. The standard InChI is InChI=1S/C16H18N2O2S/c1-3-17-11-13-8-9-15(12(2)10-13)21-16-7-5-4-6-14(16)18(19)20/h4-10,17H,3,11H2,1-2H3.